The Morgan fingerprint density at radius 2 is 2.16 bits per heavy atom. The van der Waals surface area contributed by atoms with Crippen LogP contribution in [0.25, 0.3) is 5.65 Å². The Hall–Kier alpha value is -1.92. The lowest BCUT2D eigenvalue weighted by Crippen LogP contribution is -2.36. The molecule has 0 aliphatic rings. The van der Waals surface area contributed by atoms with Crippen molar-refractivity contribution in [1.82, 2.24) is 14.3 Å². The van der Waals surface area contributed by atoms with Crippen molar-refractivity contribution in [2.24, 2.45) is 0 Å². The first-order valence-corrected chi connectivity index (χ1v) is 5.90. The Morgan fingerprint density at radius 3 is 2.84 bits per heavy atom. The summed E-state index contributed by atoms with van der Waals surface area (Å²) in [6.45, 7) is 0.353. The van der Waals surface area contributed by atoms with Gasteiger partial charge in [0.1, 0.15) is 11.3 Å². The predicted molar refractivity (Wildman–Crippen MR) is 70.0 cm³/mol. The third-order valence-electron chi connectivity index (χ3n) is 2.93. The first kappa shape index (κ1) is 13.5. The molecule has 2 aromatic heterocycles. The zero-order chi connectivity index (χ0) is 13.8. The number of pyridine rings is 1. The molecule has 0 saturated heterocycles. The van der Waals surface area contributed by atoms with Gasteiger partial charge in [0.2, 0.25) is 0 Å². The first-order chi connectivity index (χ1) is 9.17. The van der Waals surface area contributed by atoms with Crippen molar-refractivity contribution in [1.29, 1.82) is 0 Å². The molecule has 102 valence electrons. The molecule has 0 saturated carbocycles. The number of likely N-dealkylation sites (N-methyl/N-ethyl adjacent to an activating group) is 1. The average molecular weight is 263 g/mol. The summed E-state index contributed by atoms with van der Waals surface area (Å²) in [7, 11) is 4.79. The molecule has 0 bridgehead atoms. The van der Waals surface area contributed by atoms with E-state index in [1.165, 1.54) is 0 Å². The molecule has 6 heteroatoms. The van der Waals surface area contributed by atoms with Gasteiger partial charge in [-0.2, -0.15) is 0 Å². The minimum Gasteiger partial charge on any atom is -0.354 e. The molecule has 0 atom stereocenters. The Kier molecular flexibility index (Phi) is 4.13. The van der Waals surface area contributed by atoms with Crippen LogP contribution in [0.5, 0.6) is 0 Å². The van der Waals surface area contributed by atoms with Crippen LogP contribution in [0.15, 0.2) is 30.6 Å². The number of imidazole rings is 1. The molecule has 0 N–H and O–H groups in total. The number of carbonyl (C=O) groups is 1. The number of aromatic nitrogens is 2. The number of fused-ring (bicyclic) bond motifs is 1. The molecule has 0 unspecified atom stereocenters. The smallest absolute Gasteiger partial charge is 0.272 e. The molecule has 2 rings (SSSR count). The number of ether oxygens (including phenoxy) is 2. The van der Waals surface area contributed by atoms with Gasteiger partial charge in [0.25, 0.3) is 5.91 Å². The Balaban J connectivity index is 2.19. The van der Waals surface area contributed by atoms with E-state index < -0.39 is 6.29 Å². The maximum absolute atomic E-state index is 12.3. The zero-order valence-corrected chi connectivity index (χ0v) is 11.2. The Labute approximate surface area is 111 Å². The van der Waals surface area contributed by atoms with Crippen molar-refractivity contribution in [3.63, 3.8) is 0 Å². The standard InChI is InChI=1S/C13H17N3O3/c1-15(9-12(18-2)19-3)13(17)10-8-14-11-6-4-5-7-16(10)11/h4-8,12H,9H2,1-3H3. The van der Waals surface area contributed by atoms with Crippen LogP contribution in [0, 0.1) is 0 Å². The number of amides is 1. The largest absolute Gasteiger partial charge is 0.354 e. The summed E-state index contributed by atoms with van der Waals surface area (Å²) in [5.74, 6) is -0.127. The number of hydrogen-bond acceptors (Lipinski definition) is 4. The van der Waals surface area contributed by atoms with Crippen LogP contribution < -0.4 is 0 Å². The van der Waals surface area contributed by atoms with Crippen LogP contribution in [0.1, 0.15) is 10.5 Å². The molecule has 19 heavy (non-hydrogen) atoms. The molecule has 0 aliphatic carbocycles. The topological polar surface area (TPSA) is 56.1 Å². The SMILES string of the molecule is COC(CN(C)C(=O)c1cnc2ccccn12)OC. The van der Waals surface area contributed by atoms with E-state index in [0.29, 0.717) is 12.2 Å². The van der Waals surface area contributed by atoms with Gasteiger partial charge in [0.05, 0.1) is 12.7 Å². The molecule has 0 spiro atoms. The number of carbonyl (C=O) groups excluding carboxylic acids is 1. The van der Waals surface area contributed by atoms with Crippen molar-refractivity contribution in [2.75, 3.05) is 27.8 Å². The van der Waals surface area contributed by atoms with Gasteiger partial charge in [-0.25, -0.2) is 4.98 Å². The normalized spacial score (nSPS) is 11.2. The quantitative estimate of drug-likeness (QED) is 0.756. The first-order valence-electron chi connectivity index (χ1n) is 5.90. The fourth-order valence-corrected chi connectivity index (χ4v) is 1.84. The molecule has 0 aliphatic heterocycles. The monoisotopic (exact) mass is 263 g/mol. The van der Waals surface area contributed by atoms with Crippen LogP contribution in [-0.4, -0.2) is 54.3 Å². The third kappa shape index (κ3) is 2.74. The molecular weight excluding hydrogens is 246 g/mol. The fourth-order valence-electron chi connectivity index (χ4n) is 1.84. The second-order valence-corrected chi connectivity index (χ2v) is 4.16. The van der Waals surface area contributed by atoms with Crippen LogP contribution in [-0.2, 0) is 9.47 Å². The Morgan fingerprint density at radius 1 is 1.42 bits per heavy atom. The van der Waals surface area contributed by atoms with Gasteiger partial charge in [0, 0.05) is 27.5 Å². The summed E-state index contributed by atoms with van der Waals surface area (Å²) in [6.07, 6.45) is 2.95. The van der Waals surface area contributed by atoms with Crippen molar-refractivity contribution in [3.05, 3.63) is 36.3 Å². The molecule has 1 amide bonds. The highest BCUT2D eigenvalue weighted by molar-refractivity contribution is 5.93. The number of nitrogens with zero attached hydrogens (tertiary/aromatic N) is 3. The number of rotatable bonds is 5. The maximum atomic E-state index is 12.3. The molecule has 0 radical (unpaired) electrons. The van der Waals surface area contributed by atoms with Gasteiger partial charge in [0.15, 0.2) is 6.29 Å². The summed E-state index contributed by atoms with van der Waals surface area (Å²) >= 11 is 0. The van der Waals surface area contributed by atoms with E-state index in [1.54, 1.807) is 36.8 Å². The third-order valence-corrected chi connectivity index (χ3v) is 2.93. The maximum Gasteiger partial charge on any atom is 0.272 e. The zero-order valence-electron chi connectivity index (χ0n) is 11.2. The van der Waals surface area contributed by atoms with Gasteiger partial charge in [-0.1, -0.05) is 6.07 Å². The van der Waals surface area contributed by atoms with E-state index in [4.69, 9.17) is 9.47 Å². The summed E-state index contributed by atoms with van der Waals surface area (Å²) in [5, 5.41) is 0. The molecule has 2 heterocycles. The Bertz CT molecular complexity index is 563. The number of methoxy groups -OCH3 is 2. The summed E-state index contributed by atoms with van der Waals surface area (Å²) in [4.78, 5) is 18.1. The molecule has 2 aromatic rings. The molecule has 0 aromatic carbocycles. The van der Waals surface area contributed by atoms with Crippen molar-refractivity contribution in [3.8, 4) is 0 Å². The second kappa shape index (κ2) is 5.81. The van der Waals surface area contributed by atoms with E-state index in [0.717, 1.165) is 5.65 Å². The summed E-state index contributed by atoms with van der Waals surface area (Å²) < 4.78 is 11.9. The second-order valence-electron chi connectivity index (χ2n) is 4.16. The van der Waals surface area contributed by atoms with Crippen LogP contribution in [0.4, 0.5) is 0 Å². The highest BCUT2D eigenvalue weighted by atomic mass is 16.7. The molecule has 6 nitrogen and oxygen atoms in total. The van der Waals surface area contributed by atoms with Crippen molar-refractivity contribution < 1.29 is 14.3 Å². The van der Waals surface area contributed by atoms with Crippen molar-refractivity contribution >= 4 is 11.6 Å². The van der Waals surface area contributed by atoms with Gasteiger partial charge < -0.3 is 14.4 Å². The number of hydrogen-bond donors (Lipinski definition) is 0. The average Bonchev–Trinajstić information content (AvgIpc) is 2.87. The van der Waals surface area contributed by atoms with E-state index in [2.05, 4.69) is 4.98 Å². The fraction of sp³-hybridized carbons (Fsp3) is 0.385. The van der Waals surface area contributed by atoms with Gasteiger partial charge in [-0.05, 0) is 12.1 Å². The van der Waals surface area contributed by atoms with Crippen LogP contribution in [0.2, 0.25) is 0 Å². The van der Waals surface area contributed by atoms with Gasteiger partial charge in [-0.15, -0.1) is 0 Å². The van der Waals surface area contributed by atoms with Crippen LogP contribution in [0.3, 0.4) is 0 Å². The van der Waals surface area contributed by atoms with Gasteiger partial charge in [-0.3, -0.25) is 9.20 Å². The predicted octanol–water partition coefficient (Wildman–Crippen LogP) is 1.03. The van der Waals surface area contributed by atoms with E-state index >= 15 is 0 Å². The van der Waals surface area contributed by atoms with Crippen LogP contribution >= 0.6 is 0 Å². The lowest BCUT2D eigenvalue weighted by atomic mass is 10.3. The minimum absolute atomic E-state index is 0.127. The van der Waals surface area contributed by atoms with Crippen molar-refractivity contribution in [2.45, 2.75) is 6.29 Å². The minimum atomic E-state index is -0.437. The highest BCUT2D eigenvalue weighted by Gasteiger charge is 2.19. The van der Waals surface area contributed by atoms with Gasteiger partial charge >= 0.3 is 0 Å². The summed E-state index contributed by atoms with van der Waals surface area (Å²) in [6, 6.07) is 5.59. The molecular formula is C13H17N3O3. The van der Waals surface area contributed by atoms with E-state index in [1.807, 2.05) is 24.4 Å². The van der Waals surface area contributed by atoms with E-state index in [9.17, 15) is 4.79 Å². The van der Waals surface area contributed by atoms with E-state index in [-0.39, 0.29) is 5.91 Å². The highest BCUT2D eigenvalue weighted by Crippen LogP contribution is 2.09. The lowest BCUT2D eigenvalue weighted by molar-refractivity contribution is -0.110. The lowest BCUT2D eigenvalue weighted by Gasteiger charge is -2.21. The summed E-state index contributed by atoms with van der Waals surface area (Å²) in [5.41, 5.74) is 1.26. The molecule has 0 fully saturated rings.